The van der Waals surface area contributed by atoms with Gasteiger partial charge in [-0.3, -0.25) is 9.80 Å². The number of carbonyl (C=O) groups excluding carboxylic acids is 1. The summed E-state index contributed by atoms with van der Waals surface area (Å²) in [7, 11) is 0. The average Bonchev–Trinajstić information content (AvgIpc) is 2.72. The van der Waals surface area contributed by atoms with Gasteiger partial charge in [-0.15, -0.1) is 0 Å². The minimum Gasteiger partial charge on any atom is -0.379 e. The third-order valence-corrected chi connectivity index (χ3v) is 5.55. The first-order chi connectivity index (χ1) is 13.3. The summed E-state index contributed by atoms with van der Waals surface area (Å²) in [5, 5.41) is 6.04. The number of urea groups is 1. The maximum absolute atomic E-state index is 12.0. The largest absolute Gasteiger partial charge is 0.379 e. The number of likely N-dealkylation sites (tertiary alicyclic amines) is 1. The van der Waals surface area contributed by atoms with Gasteiger partial charge >= 0.3 is 6.03 Å². The van der Waals surface area contributed by atoms with Gasteiger partial charge in [0.15, 0.2) is 0 Å². The normalized spacial score (nSPS) is 19.7. The van der Waals surface area contributed by atoms with Crippen LogP contribution in [0.2, 0.25) is 0 Å². The molecule has 0 bridgehead atoms. The zero-order chi connectivity index (χ0) is 18.7. The molecule has 2 N–H and O–H groups in total. The Morgan fingerprint density at radius 2 is 1.74 bits per heavy atom. The summed E-state index contributed by atoms with van der Waals surface area (Å²) < 4.78 is 5.35. The Labute approximate surface area is 163 Å². The number of morpholine rings is 1. The molecule has 2 amide bonds. The summed E-state index contributed by atoms with van der Waals surface area (Å²) in [6.07, 6.45) is 3.31. The molecule has 0 spiro atoms. The van der Waals surface area contributed by atoms with Crippen LogP contribution in [0.15, 0.2) is 30.3 Å². The number of ether oxygens (including phenoxy) is 1. The van der Waals surface area contributed by atoms with Crippen LogP contribution in [0.1, 0.15) is 24.8 Å². The summed E-state index contributed by atoms with van der Waals surface area (Å²) in [4.78, 5) is 16.9. The Balaban J connectivity index is 1.21. The van der Waals surface area contributed by atoms with E-state index in [1.807, 2.05) is 0 Å². The fourth-order valence-electron chi connectivity index (χ4n) is 3.82. The van der Waals surface area contributed by atoms with Gasteiger partial charge in [0.1, 0.15) is 0 Å². The number of benzene rings is 1. The van der Waals surface area contributed by atoms with Crippen LogP contribution >= 0.6 is 0 Å². The van der Waals surface area contributed by atoms with Gasteiger partial charge < -0.3 is 15.4 Å². The first kappa shape index (κ1) is 20.1. The van der Waals surface area contributed by atoms with Gasteiger partial charge in [-0.2, -0.15) is 0 Å². The van der Waals surface area contributed by atoms with Crippen LogP contribution in [0.25, 0.3) is 0 Å². The molecule has 0 unspecified atom stereocenters. The lowest BCUT2D eigenvalue weighted by atomic mass is 9.96. The van der Waals surface area contributed by atoms with Gasteiger partial charge in [-0.1, -0.05) is 30.3 Å². The van der Waals surface area contributed by atoms with E-state index in [0.717, 1.165) is 84.8 Å². The zero-order valence-corrected chi connectivity index (χ0v) is 16.4. The van der Waals surface area contributed by atoms with Crippen molar-refractivity contribution in [1.29, 1.82) is 0 Å². The van der Waals surface area contributed by atoms with Crippen molar-refractivity contribution in [1.82, 2.24) is 20.4 Å². The van der Waals surface area contributed by atoms with Crippen LogP contribution in [0.5, 0.6) is 0 Å². The molecule has 2 saturated heterocycles. The molecule has 6 nitrogen and oxygen atoms in total. The Hall–Kier alpha value is -1.63. The van der Waals surface area contributed by atoms with E-state index in [1.54, 1.807) is 0 Å². The second kappa shape index (κ2) is 11.3. The van der Waals surface area contributed by atoms with Gasteiger partial charge in [0.05, 0.1) is 13.2 Å². The molecular formula is C21H34N4O2. The van der Waals surface area contributed by atoms with E-state index in [1.165, 1.54) is 5.56 Å². The van der Waals surface area contributed by atoms with Crippen LogP contribution in [-0.4, -0.2) is 74.9 Å². The molecule has 27 heavy (non-hydrogen) atoms. The molecule has 6 heteroatoms. The molecular weight excluding hydrogens is 340 g/mol. The average molecular weight is 375 g/mol. The van der Waals surface area contributed by atoms with E-state index >= 15 is 0 Å². The maximum Gasteiger partial charge on any atom is 0.314 e. The SMILES string of the molecule is O=C(NCCCN1CCOCC1)NCC1CCN(Cc2ccccc2)CC1. The minimum absolute atomic E-state index is 0.0244. The zero-order valence-electron chi connectivity index (χ0n) is 16.4. The second-order valence-corrected chi connectivity index (χ2v) is 7.65. The molecule has 0 aliphatic carbocycles. The molecule has 1 aromatic rings. The topological polar surface area (TPSA) is 56.8 Å². The minimum atomic E-state index is -0.0244. The first-order valence-electron chi connectivity index (χ1n) is 10.4. The van der Waals surface area contributed by atoms with Gasteiger partial charge in [-0.25, -0.2) is 4.79 Å². The van der Waals surface area contributed by atoms with Gasteiger partial charge in [0, 0.05) is 32.7 Å². The van der Waals surface area contributed by atoms with Gasteiger partial charge in [0.2, 0.25) is 0 Å². The molecule has 0 saturated carbocycles. The number of nitrogens with one attached hydrogen (secondary N) is 2. The highest BCUT2D eigenvalue weighted by Crippen LogP contribution is 2.18. The molecule has 2 fully saturated rings. The standard InChI is InChI=1S/C21H34N4O2/c26-21(22-9-4-10-24-13-15-27-16-14-24)23-17-19-7-11-25(12-8-19)18-20-5-2-1-3-6-20/h1-3,5-6,19H,4,7-18H2,(H2,22,23,26). The Morgan fingerprint density at radius 1 is 1.00 bits per heavy atom. The van der Waals surface area contributed by atoms with E-state index in [-0.39, 0.29) is 6.03 Å². The number of nitrogens with zero attached hydrogens (tertiary/aromatic N) is 2. The Bertz CT molecular complexity index is 540. The molecule has 2 aliphatic rings. The van der Waals surface area contributed by atoms with Crippen LogP contribution in [0.3, 0.4) is 0 Å². The molecule has 150 valence electrons. The fraction of sp³-hybridized carbons (Fsp3) is 0.667. The Morgan fingerprint density at radius 3 is 2.48 bits per heavy atom. The predicted octanol–water partition coefficient (Wildman–Crippen LogP) is 1.92. The van der Waals surface area contributed by atoms with Crippen LogP contribution in [-0.2, 0) is 11.3 Å². The lowest BCUT2D eigenvalue weighted by Gasteiger charge is -2.32. The van der Waals surface area contributed by atoms with Crippen molar-refractivity contribution in [2.75, 3.05) is 59.0 Å². The third kappa shape index (κ3) is 7.48. The molecule has 0 atom stereocenters. The first-order valence-corrected chi connectivity index (χ1v) is 10.4. The number of hydrogen-bond donors (Lipinski definition) is 2. The summed E-state index contributed by atoms with van der Waals surface area (Å²) >= 11 is 0. The number of carbonyl (C=O) groups is 1. The second-order valence-electron chi connectivity index (χ2n) is 7.65. The van der Waals surface area contributed by atoms with Gasteiger partial charge in [-0.05, 0) is 50.4 Å². The van der Waals surface area contributed by atoms with Crippen molar-refractivity contribution < 1.29 is 9.53 Å². The van der Waals surface area contributed by atoms with Crippen molar-refractivity contribution in [3.8, 4) is 0 Å². The van der Waals surface area contributed by atoms with Crippen molar-refractivity contribution in [2.45, 2.75) is 25.8 Å². The Kier molecular flexibility index (Phi) is 8.39. The lowest BCUT2D eigenvalue weighted by Crippen LogP contribution is -2.42. The van der Waals surface area contributed by atoms with E-state index in [4.69, 9.17) is 4.74 Å². The van der Waals surface area contributed by atoms with Crippen LogP contribution in [0, 0.1) is 5.92 Å². The molecule has 2 heterocycles. The summed E-state index contributed by atoms with van der Waals surface area (Å²) in [6, 6.07) is 10.6. The summed E-state index contributed by atoms with van der Waals surface area (Å²) in [6.45, 7) is 9.49. The van der Waals surface area contributed by atoms with Crippen molar-refractivity contribution in [2.24, 2.45) is 5.92 Å². The van der Waals surface area contributed by atoms with Crippen molar-refractivity contribution >= 4 is 6.03 Å². The quantitative estimate of drug-likeness (QED) is 0.683. The number of piperidine rings is 1. The highest BCUT2D eigenvalue weighted by molar-refractivity contribution is 5.73. The molecule has 0 radical (unpaired) electrons. The monoisotopic (exact) mass is 374 g/mol. The molecule has 3 rings (SSSR count). The number of rotatable bonds is 8. The highest BCUT2D eigenvalue weighted by Gasteiger charge is 2.19. The number of amides is 2. The van der Waals surface area contributed by atoms with Crippen LogP contribution < -0.4 is 10.6 Å². The highest BCUT2D eigenvalue weighted by atomic mass is 16.5. The van der Waals surface area contributed by atoms with E-state index in [0.29, 0.717) is 5.92 Å². The predicted molar refractivity (Wildman–Crippen MR) is 108 cm³/mol. The van der Waals surface area contributed by atoms with E-state index in [9.17, 15) is 4.79 Å². The molecule has 0 aromatic heterocycles. The molecule has 1 aromatic carbocycles. The van der Waals surface area contributed by atoms with E-state index < -0.39 is 0 Å². The lowest BCUT2D eigenvalue weighted by molar-refractivity contribution is 0.0375. The smallest absolute Gasteiger partial charge is 0.314 e. The fourth-order valence-corrected chi connectivity index (χ4v) is 3.82. The van der Waals surface area contributed by atoms with E-state index in [2.05, 4.69) is 50.8 Å². The molecule has 2 aliphatic heterocycles. The van der Waals surface area contributed by atoms with Crippen molar-refractivity contribution in [3.05, 3.63) is 35.9 Å². The van der Waals surface area contributed by atoms with Crippen LogP contribution in [0.4, 0.5) is 4.79 Å². The summed E-state index contributed by atoms with van der Waals surface area (Å²) in [5.74, 6) is 0.594. The summed E-state index contributed by atoms with van der Waals surface area (Å²) in [5.41, 5.74) is 1.38. The van der Waals surface area contributed by atoms with Gasteiger partial charge in [0.25, 0.3) is 0 Å². The maximum atomic E-state index is 12.0. The third-order valence-electron chi connectivity index (χ3n) is 5.55. The number of hydrogen-bond acceptors (Lipinski definition) is 4. The van der Waals surface area contributed by atoms with Crippen molar-refractivity contribution in [3.63, 3.8) is 0 Å².